The van der Waals surface area contributed by atoms with Gasteiger partial charge >= 0.3 is 0 Å². The molecule has 0 fully saturated rings. The van der Waals surface area contributed by atoms with Crippen LogP contribution in [0.1, 0.15) is 10.4 Å². The monoisotopic (exact) mass is 428 g/mol. The number of hydrogen-bond donors (Lipinski definition) is 1. The lowest BCUT2D eigenvalue weighted by molar-refractivity contribution is 0.102. The smallest absolute Gasteiger partial charge is 0.257 e. The van der Waals surface area contributed by atoms with Gasteiger partial charge in [-0.25, -0.2) is 13.4 Å². The first kappa shape index (κ1) is 21.1. The van der Waals surface area contributed by atoms with Gasteiger partial charge in [0.15, 0.2) is 5.03 Å². The molecule has 0 radical (unpaired) electrons. The molecule has 0 atom stereocenters. The fourth-order valence-corrected chi connectivity index (χ4v) is 3.81. The lowest BCUT2D eigenvalue weighted by Gasteiger charge is -2.10. The topological polar surface area (TPSA) is 104 Å². The van der Waals surface area contributed by atoms with Gasteiger partial charge in [0, 0.05) is 30.1 Å². The molecule has 30 heavy (non-hydrogen) atoms. The Bertz CT molecular complexity index is 1120. The van der Waals surface area contributed by atoms with Gasteiger partial charge in [0.25, 0.3) is 5.91 Å². The number of sulfone groups is 1. The average Bonchev–Trinajstić information content (AvgIpc) is 2.78. The summed E-state index contributed by atoms with van der Waals surface area (Å²) in [6.07, 6.45) is 1.21. The molecule has 1 heterocycles. The van der Waals surface area contributed by atoms with Crippen LogP contribution in [0.25, 0.3) is 0 Å². The Morgan fingerprint density at radius 2 is 1.43 bits per heavy atom. The van der Waals surface area contributed by atoms with Crippen LogP contribution in [-0.4, -0.2) is 40.6 Å². The number of ether oxygens (including phenoxy) is 3. The van der Waals surface area contributed by atoms with E-state index in [-0.39, 0.29) is 15.5 Å². The highest BCUT2D eigenvalue weighted by Gasteiger charge is 2.20. The number of rotatable bonds is 7. The summed E-state index contributed by atoms with van der Waals surface area (Å²) in [6, 6.07) is 13.6. The van der Waals surface area contributed by atoms with Gasteiger partial charge in [-0.3, -0.25) is 4.79 Å². The maximum absolute atomic E-state index is 12.7. The third-order valence-electron chi connectivity index (χ3n) is 4.25. The van der Waals surface area contributed by atoms with Gasteiger partial charge in [0.05, 0.1) is 31.8 Å². The van der Waals surface area contributed by atoms with E-state index < -0.39 is 15.7 Å². The summed E-state index contributed by atoms with van der Waals surface area (Å²) in [6.45, 7) is 0. The van der Waals surface area contributed by atoms with Gasteiger partial charge in [-0.15, -0.1) is 0 Å². The summed E-state index contributed by atoms with van der Waals surface area (Å²) in [5.74, 6) is 1.13. The number of amides is 1. The highest BCUT2D eigenvalue weighted by molar-refractivity contribution is 7.91. The molecule has 1 amide bonds. The summed E-state index contributed by atoms with van der Waals surface area (Å²) in [7, 11) is 0.694. The number of methoxy groups -OCH3 is 3. The minimum Gasteiger partial charge on any atom is -0.497 e. The van der Waals surface area contributed by atoms with Crippen LogP contribution in [0.15, 0.2) is 70.7 Å². The van der Waals surface area contributed by atoms with Crippen LogP contribution in [0.5, 0.6) is 17.2 Å². The van der Waals surface area contributed by atoms with Crippen molar-refractivity contribution in [3.8, 4) is 17.2 Å². The first-order valence-corrected chi connectivity index (χ1v) is 10.3. The maximum atomic E-state index is 12.7. The van der Waals surface area contributed by atoms with Crippen molar-refractivity contribution in [2.75, 3.05) is 26.6 Å². The molecule has 0 aliphatic rings. The lowest BCUT2D eigenvalue weighted by Crippen LogP contribution is -2.13. The molecule has 1 N–H and O–H groups in total. The Morgan fingerprint density at radius 1 is 0.833 bits per heavy atom. The van der Waals surface area contributed by atoms with E-state index in [1.807, 2.05) is 0 Å². The van der Waals surface area contributed by atoms with E-state index in [0.717, 1.165) is 0 Å². The standard InChI is InChI=1S/C21H20N2O6S/c1-27-16-5-7-19(8-6-16)30(25,26)20-9-4-14(13-22-20)21(24)23-15-10-17(28-2)12-18(11-15)29-3/h4-13H,1-3H3,(H,23,24). The third kappa shape index (κ3) is 4.52. The summed E-state index contributed by atoms with van der Waals surface area (Å²) in [5, 5.41) is 2.55. The van der Waals surface area contributed by atoms with E-state index in [9.17, 15) is 13.2 Å². The molecule has 1 aromatic heterocycles. The predicted octanol–water partition coefficient (Wildman–Crippen LogP) is 3.19. The number of carbonyl (C=O) groups excluding carboxylic acids is 1. The van der Waals surface area contributed by atoms with Gasteiger partial charge in [-0.2, -0.15) is 0 Å². The Morgan fingerprint density at radius 3 is 1.93 bits per heavy atom. The van der Waals surface area contributed by atoms with E-state index in [4.69, 9.17) is 14.2 Å². The molecule has 0 aliphatic heterocycles. The molecular formula is C21H20N2O6S. The molecule has 9 heteroatoms. The quantitative estimate of drug-likeness (QED) is 0.616. The second-order valence-electron chi connectivity index (χ2n) is 6.12. The van der Waals surface area contributed by atoms with Crippen molar-refractivity contribution in [1.29, 1.82) is 0 Å². The minimum absolute atomic E-state index is 0.0801. The molecular weight excluding hydrogens is 408 g/mol. The van der Waals surface area contributed by atoms with E-state index >= 15 is 0 Å². The van der Waals surface area contributed by atoms with Gasteiger partial charge in [-0.1, -0.05) is 0 Å². The molecule has 3 rings (SSSR count). The summed E-state index contributed by atoms with van der Waals surface area (Å²) in [4.78, 5) is 16.6. The highest BCUT2D eigenvalue weighted by atomic mass is 32.2. The fraction of sp³-hybridized carbons (Fsp3) is 0.143. The van der Waals surface area contributed by atoms with E-state index in [1.165, 1.54) is 51.8 Å². The minimum atomic E-state index is -3.81. The number of benzene rings is 2. The first-order chi connectivity index (χ1) is 14.4. The van der Waals surface area contributed by atoms with Crippen LogP contribution < -0.4 is 19.5 Å². The zero-order valence-electron chi connectivity index (χ0n) is 16.6. The predicted molar refractivity (Wildman–Crippen MR) is 110 cm³/mol. The molecule has 3 aromatic rings. The molecule has 8 nitrogen and oxygen atoms in total. The Kier molecular flexibility index (Phi) is 6.22. The third-order valence-corrected chi connectivity index (χ3v) is 5.94. The maximum Gasteiger partial charge on any atom is 0.257 e. The lowest BCUT2D eigenvalue weighted by atomic mass is 10.2. The largest absolute Gasteiger partial charge is 0.497 e. The Labute approximate surface area is 174 Å². The summed E-state index contributed by atoms with van der Waals surface area (Å²) < 4.78 is 40.8. The number of nitrogens with zero attached hydrogens (tertiary/aromatic N) is 1. The fourth-order valence-electron chi connectivity index (χ4n) is 2.63. The van der Waals surface area contributed by atoms with Crippen LogP contribution in [0, 0.1) is 0 Å². The van der Waals surface area contributed by atoms with Crippen molar-refractivity contribution in [2.45, 2.75) is 9.92 Å². The van der Waals surface area contributed by atoms with Gasteiger partial charge in [0.1, 0.15) is 17.2 Å². The van der Waals surface area contributed by atoms with Gasteiger partial charge < -0.3 is 19.5 Å². The van der Waals surface area contributed by atoms with Gasteiger partial charge in [0.2, 0.25) is 9.84 Å². The number of hydrogen-bond acceptors (Lipinski definition) is 7. The number of carbonyl (C=O) groups is 1. The van der Waals surface area contributed by atoms with E-state index in [0.29, 0.717) is 22.9 Å². The molecule has 0 unspecified atom stereocenters. The normalized spacial score (nSPS) is 10.9. The molecule has 0 bridgehead atoms. The van der Waals surface area contributed by atoms with Crippen molar-refractivity contribution in [3.63, 3.8) is 0 Å². The number of anilines is 1. The summed E-state index contributed by atoms with van der Waals surface area (Å²) >= 11 is 0. The second kappa shape index (κ2) is 8.83. The molecule has 0 aliphatic carbocycles. The highest BCUT2D eigenvalue weighted by Crippen LogP contribution is 2.26. The Balaban J connectivity index is 1.80. The first-order valence-electron chi connectivity index (χ1n) is 8.77. The van der Waals surface area contributed by atoms with E-state index in [2.05, 4.69) is 10.3 Å². The van der Waals surface area contributed by atoms with Crippen LogP contribution in [0.2, 0.25) is 0 Å². The molecule has 0 saturated heterocycles. The van der Waals surface area contributed by atoms with E-state index in [1.54, 1.807) is 30.3 Å². The number of aromatic nitrogens is 1. The zero-order chi connectivity index (χ0) is 21.7. The van der Waals surface area contributed by atoms with Crippen molar-refractivity contribution in [3.05, 3.63) is 66.4 Å². The average molecular weight is 428 g/mol. The molecule has 0 spiro atoms. The summed E-state index contributed by atoms with van der Waals surface area (Å²) in [5.41, 5.74) is 0.664. The van der Waals surface area contributed by atoms with Crippen LogP contribution in [0.3, 0.4) is 0 Å². The number of pyridine rings is 1. The second-order valence-corrected chi connectivity index (χ2v) is 8.02. The SMILES string of the molecule is COc1ccc(S(=O)(=O)c2ccc(C(=O)Nc3cc(OC)cc(OC)c3)cn2)cc1. The van der Waals surface area contributed by atoms with Gasteiger partial charge in [-0.05, 0) is 36.4 Å². The molecule has 2 aromatic carbocycles. The van der Waals surface area contributed by atoms with Crippen molar-refractivity contribution in [1.82, 2.24) is 4.98 Å². The van der Waals surface area contributed by atoms with Crippen LogP contribution in [-0.2, 0) is 9.84 Å². The number of nitrogens with one attached hydrogen (secondary N) is 1. The van der Waals surface area contributed by atoms with Crippen molar-refractivity contribution < 1.29 is 27.4 Å². The van der Waals surface area contributed by atoms with Crippen molar-refractivity contribution >= 4 is 21.4 Å². The molecule has 156 valence electrons. The Hall–Kier alpha value is -3.59. The van der Waals surface area contributed by atoms with Crippen LogP contribution in [0.4, 0.5) is 5.69 Å². The van der Waals surface area contributed by atoms with Crippen molar-refractivity contribution in [2.24, 2.45) is 0 Å². The zero-order valence-corrected chi connectivity index (χ0v) is 17.4. The van der Waals surface area contributed by atoms with Crippen LogP contribution >= 0.6 is 0 Å². The molecule has 0 saturated carbocycles.